The van der Waals surface area contributed by atoms with Crippen molar-refractivity contribution in [3.05, 3.63) is 77.2 Å². The van der Waals surface area contributed by atoms with Crippen LogP contribution in [0.1, 0.15) is 22.3 Å². The second kappa shape index (κ2) is 10.2. The molecule has 0 aromatic heterocycles. The van der Waals surface area contributed by atoms with Crippen LogP contribution < -0.4 is 15.5 Å². The van der Waals surface area contributed by atoms with E-state index in [0.717, 1.165) is 13.0 Å². The van der Waals surface area contributed by atoms with Gasteiger partial charge in [0.25, 0.3) is 11.8 Å². The molecule has 0 radical (unpaired) electrons. The van der Waals surface area contributed by atoms with E-state index in [-0.39, 0.29) is 23.3 Å². The molecular formula is C21H25FN3O2+. The zero-order chi connectivity index (χ0) is 19.6. The van der Waals surface area contributed by atoms with Gasteiger partial charge in [0.2, 0.25) is 0 Å². The van der Waals surface area contributed by atoms with Crippen LogP contribution in [0.15, 0.2) is 60.3 Å². The lowest BCUT2D eigenvalue weighted by atomic mass is 10.1. The summed E-state index contributed by atoms with van der Waals surface area (Å²) in [7, 11) is 4.09. The van der Waals surface area contributed by atoms with Gasteiger partial charge in [-0.15, -0.1) is 0 Å². The maximum atomic E-state index is 13.1. The first-order valence-corrected chi connectivity index (χ1v) is 8.86. The molecule has 6 heteroatoms. The Bertz CT molecular complexity index is 787. The Balaban J connectivity index is 2.13. The molecule has 27 heavy (non-hydrogen) atoms. The van der Waals surface area contributed by atoms with Crippen molar-refractivity contribution in [2.45, 2.75) is 6.42 Å². The van der Waals surface area contributed by atoms with Crippen LogP contribution in [0.2, 0.25) is 0 Å². The van der Waals surface area contributed by atoms with Crippen LogP contribution in [0.5, 0.6) is 0 Å². The van der Waals surface area contributed by atoms with Gasteiger partial charge >= 0.3 is 0 Å². The number of halogens is 1. The van der Waals surface area contributed by atoms with Gasteiger partial charge in [0.15, 0.2) is 0 Å². The Morgan fingerprint density at radius 3 is 2.33 bits per heavy atom. The van der Waals surface area contributed by atoms with Crippen LogP contribution in [0.25, 0.3) is 6.08 Å². The van der Waals surface area contributed by atoms with Gasteiger partial charge in [-0.05, 0) is 35.9 Å². The van der Waals surface area contributed by atoms with Crippen molar-refractivity contribution in [1.29, 1.82) is 0 Å². The number of rotatable bonds is 8. The normalized spacial score (nSPS) is 11.3. The predicted octanol–water partition coefficient (Wildman–Crippen LogP) is 1.25. The fourth-order valence-corrected chi connectivity index (χ4v) is 2.41. The number of nitrogens with one attached hydrogen (secondary N) is 3. The summed E-state index contributed by atoms with van der Waals surface area (Å²) in [6, 6.07) is 14.4. The van der Waals surface area contributed by atoms with E-state index in [9.17, 15) is 14.0 Å². The monoisotopic (exact) mass is 370 g/mol. The van der Waals surface area contributed by atoms with E-state index in [1.165, 1.54) is 23.1 Å². The van der Waals surface area contributed by atoms with Crippen LogP contribution in [0, 0.1) is 5.82 Å². The fraction of sp³-hybridized carbons (Fsp3) is 0.238. The van der Waals surface area contributed by atoms with Gasteiger partial charge in [-0.3, -0.25) is 9.59 Å². The summed E-state index contributed by atoms with van der Waals surface area (Å²) in [5.41, 5.74) is 1.19. The molecule has 0 fully saturated rings. The molecule has 2 aromatic rings. The molecule has 2 rings (SSSR count). The molecule has 0 aliphatic rings. The lowest BCUT2D eigenvalue weighted by Gasteiger charge is -2.12. The highest BCUT2D eigenvalue weighted by molar-refractivity contribution is 6.05. The molecule has 2 aromatic carbocycles. The van der Waals surface area contributed by atoms with E-state index in [4.69, 9.17) is 0 Å². The van der Waals surface area contributed by atoms with E-state index >= 15 is 0 Å². The average molecular weight is 370 g/mol. The molecular weight excluding hydrogens is 345 g/mol. The topological polar surface area (TPSA) is 62.6 Å². The van der Waals surface area contributed by atoms with Crippen molar-refractivity contribution in [3.63, 3.8) is 0 Å². The molecule has 142 valence electrons. The quantitative estimate of drug-likeness (QED) is 0.484. The average Bonchev–Trinajstić information content (AvgIpc) is 2.66. The van der Waals surface area contributed by atoms with Crippen molar-refractivity contribution in [2.24, 2.45) is 0 Å². The lowest BCUT2D eigenvalue weighted by molar-refractivity contribution is -0.858. The zero-order valence-corrected chi connectivity index (χ0v) is 15.6. The molecule has 3 N–H and O–H groups in total. The van der Waals surface area contributed by atoms with Crippen molar-refractivity contribution in [3.8, 4) is 0 Å². The molecule has 0 saturated carbocycles. The highest BCUT2D eigenvalue weighted by Crippen LogP contribution is 2.09. The molecule has 5 nitrogen and oxygen atoms in total. The predicted molar refractivity (Wildman–Crippen MR) is 104 cm³/mol. The maximum Gasteiger partial charge on any atom is 0.267 e. The largest absolute Gasteiger partial charge is 0.351 e. The molecule has 0 unspecified atom stereocenters. The first-order chi connectivity index (χ1) is 13.0. The van der Waals surface area contributed by atoms with Crippen LogP contribution in [0.4, 0.5) is 4.39 Å². The second-order valence-electron chi connectivity index (χ2n) is 6.50. The van der Waals surface area contributed by atoms with Gasteiger partial charge in [-0.25, -0.2) is 4.39 Å². The van der Waals surface area contributed by atoms with Gasteiger partial charge in [-0.1, -0.05) is 30.3 Å². The lowest BCUT2D eigenvalue weighted by Crippen LogP contribution is -3.05. The van der Waals surface area contributed by atoms with E-state index < -0.39 is 0 Å². The zero-order valence-electron chi connectivity index (χ0n) is 15.6. The number of benzene rings is 2. The standard InChI is InChI=1S/C21H24FN3O2/c1-25(2)14-6-13-23-21(27)19(15-16-9-11-18(22)12-10-16)24-20(26)17-7-4-3-5-8-17/h3-5,7-12,15H,6,13-14H2,1-2H3,(H,23,27)(H,24,26)/p+1. The number of quaternary nitrogens is 1. The molecule has 0 atom stereocenters. The smallest absolute Gasteiger partial charge is 0.267 e. The Morgan fingerprint density at radius 2 is 1.70 bits per heavy atom. The van der Waals surface area contributed by atoms with E-state index in [2.05, 4.69) is 10.6 Å². The molecule has 0 spiro atoms. The number of carbonyl (C=O) groups excluding carboxylic acids is 2. The third-order valence-electron chi connectivity index (χ3n) is 3.85. The van der Waals surface area contributed by atoms with Crippen molar-refractivity contribution in [2.75, 3.05) is 27.2 Å². The summed E-state index contributed by atoms with van der Waals surface area (Å²) < 4.78 is 13.1. The number of hydrogen-bond acceptors (Lipinski definition) is 2. The minimum absolute atomic E-state index is 0.118. The Hall–Kier alpha value is -2.99. The van der Waals surface area contributed by atoms with Gasteiger partial charge in [0.1, 0.15) is 11.5 Å². The Morgan fingerprint density at radius 1 is 1.04 bits per heavy atom. The first kappa shape index (κ1) is 20.3. The second-order valence-corrected chi connectivity index (χ2v) is 6.50. The summed E-state index contributed by atoms with van der Waals surface area (Å²) in [4.78, 5) is 26.3. The Kier molecular flexibility index (Phi) is 7.70. The molecule has 0 aliphatic heterocycles. The summed E-state index contributed by atoms with van der Waals surface area (Å²) in [5, 5.41) is 5.47. The van der Waals surface area contributed by atoms with Crippen LogP contribution in [0.3, 0.4) is 0 Å². The summed E-state index contributed by atoms with van der Waals surface area (Å²) >= 11 is 0. The van der Waals surface area contributed by atoms with Gasteiger partial charge < -0.3 is 15.5 Å². The molecule has 0 bridgehead atoms. The minimum atomic E-state index is -0.378. The number of amides is 2. The van der Waals surface area contributed by atoms with Crippen LogP contribution in [-0.2, 0) is 4.79 Å². The van der Waals surface area contributed by atoms with Crippen molar-refractivity contribution in [1.82, 2.24) is 10.6 Å². The minimum Gasteiger partial charge on any atom is -0.351 e. The van der Waals surface area contributed by atoms with Gasteiger partial charge in [-0.2, -0.15) is 0 Å². The van der Waals surface area contributed by atoms with E-state index in [0.29, 0.717) is 17.7 Å². The van der Waals surface area contributed by atoms with Crippen LogP contribution >= 0.6 is 0 Å². The molecule has 0 aliphatic carbocycles. The van der Waals surface area contributed by atoms with E-state index in [1.807, 2.05) is 20.2 Å². The molecule has 2 amide bonds. The number of hydrogen-bond donors (Lipinski definition) is 3. The molecule has 0 saturated heterocycles. The van der Waals surface area contributed by atoms with Crippen molar-refractivity contribution < 1.29 is 18.9 Å². The first-order valence-electron chi connectivity index (χ1n) is 8.86. The van der Waals surface area contributed by atoms with Gasteiger partial charge in [0.05, 0.1) is 20.6 Å². The Labute approximate surface area is 158 Å². The van der Waals surface area contributed by atoms with Gasteiger partial charge in [0, 0.05) is 18.5 Å². The van der Waals surface area contributed by atoms with Crippen molar-refractivity contribution >= 4 is 17.9 Å². The highest BCUT2D eigenvalue weighted by atomic mass is 19.1. The van der Waals surface area contributed by atoms with E-state index in [1.54, 1.807) is 36.4 Å². The SMILES string of the molecule is C[NH+](C)CCCNC(=O)C(=Cc1ccc(F)cc1)NC(=O)c1ccccc1. The summed E-state index contributed by atoms with van der Waals surface area (Å²) in [6.45, 7) is 1.43. The number of carbonyl (C=O) groups is 2. The summed E-state index contributed by atoms with van der Waals surface area (Å²) in [6.07, 6.45) is 2.36. The fourth-order valence-electron chi connectivity index (χ4n) is 2.41. The summed E-state index contributed by atoms with van der Waals surface area (Å²) in [5.74, 6) is -1.12. The third kappa shape index (κ3) is 7.03. The highest BCUT2D eigenvalue weighted by Gasteiger charge is 2.14. The molecule has 0 heterocycles. The maximum absolute atomic E-state index is 13.1. The third-order valence-corrected chi connectivity index (χ3v) is 3.85. The van der Waals surface area contributed by atoms with Crippen LogP contribution in [-0.4, -0.2) is 39.0 Å².